The van der Waals surface area contributed by atoms with E-state index in [4.69, 9.17) is 0 Å². The quantitative estimate of drug-likeness (QED) is 0.385. The molecule has 4 aromatic rings. The molecule has 0 aliphatic rings. The van der Waals surface area contributed by atoms with E-state index in [9.17, 15) is 0 Å². The molecule has 1 radical (unpaired) electrons. The van der Waals surface area contributed by atoms with Crippen LogP contribution < -0.4 is 4.70 Å². The summed E-state index contributed by atoms with van der Waals surface area (Å²) in [5, 5.41) is 0. The van der Waals surface area contributed by atoms with Crippen LogP contribution in [0.15, 0.2) is 109 Å². The smallest absolute Gasteiger partial charge is 1.00 e. The first kappa shape index (κ1) is 19.8. The molecule has 4 aromatic carbocycles. The Labute approximate surface area is 157 Å². The number of benzene rings is 2. The van der Waals surface area contributed by atoms with Gasteiger partial charge in [-0.1, -0.05) is 47.5 Å². The Kier molecular flexibility index (Phi) is 8.71. The Hall–Kier alpha value is -2.22. The Morgan fingerprint density at radius 1 is 0.417 bits per heavy atom. The van der Waals surface area contributed by atoms with Gasteiger partial charge in [0.15, 0.2) is 0 Å². The molecule has 0 saturated heterocycles. The monoisotopic (exact) mass is 349 g/mol. The second kappa shape index (κ2) is 10.5. The maximum absolute atomic E-state index is 2.12. The molecule has 0 heterocycles. The second-order valence-corrected chi connectivity index (χ2v) is 5.08. The molecule has 0 amide bonds. The number of hydrogen-bond acceptors (Lipinski definition) is 0. The van der Waals surface area contributed by atoms with Gasteiger partial charge in [0.1, 0.15) is 0 Å². The van der Waals surface area contributed by atoms with Crippen LogP contribution in [0.3, 0.4) is 0 Å². The summed E-state index contributed by atoms with van der Waals surface area (Å²) in [5.74, 6) is 0. The maximum atomic E-state index is 2.12. The van der Waals surface area contributed by atoms with Crippen molar-refractivity contribution in [2.24, 2.45) is 0 Å². The molecule has 4 rings (SSSR count). The standard InChI is InChI=1S/2C11H9.FH.Ti/c2*1-2-6-10(7-3-1)11-8-4-5-9-11;;/h2*1-9H;1H;/q2*-1;;+3/p-1. The first-order chi connectivity index (χ1) is 10.9. The average molecular weight is 349 g/mol. The van der Waals surface area contributed by atoms with Crippen LogP contribution in [0.2, 0.25) is 0 Å². The Morgan fingerprint density at radius 2 is 0.708 bits per heavy atom. The zero-order chi connectivity index (χ0) is 15.0. The van der Waals surface area contributed by atoms with Crippen molar-refractivity contribution in [3.63, 3.8) is 0 Å². The largest absolute Gasteiger partial charge is 3.00 e. The minimum absolute atomic E-state index is 0. The van der Waals surface area contributed by atoms with Gasteiger partial charge in [-0.25, -0.2) is 0 Å². The molecule has 0 nitrogen and oxygen atoms in total. The molecule has 0 N–H and O–H groups in total. The molecule has 117 valence electrons. The van der Waals surface area contributed by atoms with E-state index in [2.05, 4.69) is 97.1 Å². The summed E-state index contributed by atoms with van der Waals surface area (Å²) in [5.41, 5.74) is 5.17. The third-order valence-corrected chi connectivity index (χ3v) is 3.54. The summed E-state index contributed by atoms with van der Waals surface area (Å²) >= 11 is 0. The van der Waals surface area contributed by atoms with Gasteiger partial charge in [-0.05, 0) is 0 Å². The molecular formula is C22H18FTi. The normalized spacial score (nSPS) is 9.00. The van der Waals surface area contributed by atoms with E-state index in [1.54, 1.807) is 0 Å². The van der Waals surface area contributed by atoms with E-state index < -0.39 is 0 Å². The summed E-state index contributed by atoms with van der Waals surface area (Å²) in [4.78, 5) is 0. The van der Waals surface area contributed by atoms with Gasteiger partial charge in [0, 0.05) is 0 Å². The third-order valence-electron chi connectivity index (χ3n) is 3.54. The molecule has 0 atom stereocenters. The van der Waals surface area contributed by atoms with Crippen molar-refractivity contribution in [3.8, 4) is 22.3 Å². The van der Waals surface area contributed by atoms with Crippen molar-refractivity contribution >= 4 is 0 Å². The molecular weight excluding hydrogens is 331 g/mol. The molecule has 0 aliphatic carbocycles. The van der Waals surface area contributed by atoms with Gasteiger partial charge in [-0.2, -0.15) is 24.3 Å². The van der Waals surface area contributed by atoms with E-state index in [1.807, 2.05) is 12.1 Å². The van der Waals surface area contributed by atoms with E-state index in [0.29, 0.717) is 0 Å². The van der Waals surface area contributed by atoms with Crippen molar-refractivity contribution in [1.29, 1.82) is 0 Å². The number of rotatable bonds is 2. The maximum Gasteiger partial charge on any atom is 3.00 e. The first-order valence-electron chi connectivity index (χ1n) is 7.48. The molecule has 0 bridgehead atoms. The van der Waals surface area contributed by atoms with Crippen LogP contribution in [0.1, 0.15) is 0 Å². The molecule has 2 heteroatoms. The molecule has 0 fully saturated rings. The van der Waals surface area contributed by atoms with E-state index >= 15 is 0 Å². The van der Waals surface area contributed by atoms with Gasteiger partial charge in [-0.3, -0.25) is 0 Å². The minimum Gasteiger partial charge on any atom is -1.00 e. The Morgan fingerprint density at radius 3 is 1.00 bits per heavy atom. The zero-order valence-corrected chi connectivity index (χ0v) is 14.8. The van der Waals surface area contributed by atoms with Gasteiger partial charge < -0.3 is 4.70 Å². The number of halogens is 1. The molecule has 0 unspecified atom stereocenters. The Balaban J connectivity index is 0.000000222. The molecule has 0 saturated carbocycles. The van der Waals surface area contributed by atoms with Gasteiger partial charge >= 0.3 is 21.7 Å². The van der Waals surface area contributed by atoms with Crippen molar-refractivity contribution in [3.05, 3.63) is 109 Å². The van der Waals surface area contributed by atoms with Crippen LogP contribution in [0, 0.1) is 0 Å². The second-order valence-electron chi connectivity index (χ2n) is 5.08. The summed E-state index contributed by atoms with van der Waals surface area (Å²) in [6.45, 7) is 0. The minimum atomic E-state index is 0. The fourth-order valence-corrected chi connectivity index (χ4v) is 2.39. The summed E-state index contributed by atoms with van der Waals surface area (Å²) in [6.07, 6.45) is 0. The van der Waals surface area contributed by atoms with Crippen LogP contribution in [0.4, 0.5) is 0 Å². The predicted octanol–water partition coefficient (Wildman–Crippen LogP) is 3.15. The average Bonchev–Trinajstić information content (AvgIpc) is 3.31. The fraction of sp³-hybridized carbons (Fsp3) is 0. The predicted molar refractivity (Wildman–Crippen MR) is 94.9 cm³/mol. The van der Waals surface area contributed by atoms with E-state index in [-0.39, 0.29) is 26.4 Å². The van der Waals surface area contributed by atoms with Crippen molar-refractivity contribution in [2.45, 2.75) is 0 Å². The van der Waals surface area contributed by atoms with Gasteiger partial charge in [0.2, 0.25) is 0 Å². The molecule has 0 aliphatic heterocycles. The SMILES string of the molecule is [F-].[Ti+3].c1ccc(-[c-]2cccc2)cc1.c1ccc(-[c-]2cccc2)cc1. The molecule has 24 heavy (non-hydrogen) atoms. The number of hydrogen-bond donors (Lipinski definition) is 0. The van der Waals surface area contributed by atoms with Crippen molar-refractivity contribution in [1.82, 2.24) is 0 Å². The van der Waals surface area contributed by atoms with Crippen LogP contribution >= 0.6 is 0 Å². The van der Waals surface area contributed by atoms with E-state index in [1.165, 1.54) is 22.3 Å². The summed E-state index contributed by atoms with van der Waals surface area (Å²) in [6, 6.07) is 37.5. The third kappa shape index (κ3) is 5.45. The van der Waals surface area contributed by atoms with Crippen LogP contribution in [0.5, 0.6) is 0 Å². The first-order valence-corrected chi connectivity index (χ1v) is 7.48. The van der Waals surface area contributed by atoms with Gasteiger partial charge in [0.05, 0.1) is 0 Å². The zero-order valence-electron chi connectivity index (χ0n) is 13.3. The van der Waals surface area contributed by atoms with Crippen LogP contribution in [-0.2, 0) is 21.7 Å². The topological polar surface area (TPSA) is 0 Å². The Bertz CT molecular complexity index is 688. The van der Waals surface area contributed by atoms with Crippen LogP contribution in [-0.4, -0.2) is 0 Å². The van der Waals surface area contributed by atoms with E-state index in [0.717, 1.165) is 0 Å². The van der Waals surface area contributed by atoms with Gasteiger partial charge in [0.25, 0.3) is 0 Å². The molecule has 0 aromatic heterocycles. The fourth-order valence-electron chi connectivity index (χ4n) is 2.39. The summed E-state index contributed by atoms with van der Waals surface area (Å²) < 4.78 is 0. The molecule has 0 spiro atoms. The van der Waals surface area contributed by atoms with Crippen LogP contribution in [0.25, 0.3) is 22.3 Å². The summed E-state index contributed by atoms with van der Waals surface area (Å²) in [7, 11) is 0. The van der Waals surface area contributed by atoms with Crippen molar-refractivity contribution in [2.75, 3.05) is 0 Å². The van der Waals surface area contributed by atoms with Crippen molar-refractivity contribution < 1.29 is 26.4 Å². The van der Waals surface area contributed by atoms with Gasteiger partial charge in [-0.15, -0.1) is 59.7 Å².